The van der Waals surface area contributed by atoms with Gasteiger partial charge in [0.1, 0.15) is 0 Å². The first kappa shape index (κ1) is 15.4. The molecule has 1 aromatic carbocycles. The Hall–Kier alpha value is -0.670. The molecule has 0 aromatic heterocycles. The molecular weight excluding hydrogens is 314 g/mol. The molecule has 0 spiro atoms. The van der Waals surface area contributed by atoms with Gasteiger partial charge in [0.05, 0.1) is 16.8 Å². The first-order valence-corrected chi connectivity index (χ1v) is 7.24. The number of hydrogen-bond acceptors (Lipinski definition) is 2. The number of anilines is 1. The predicted molar refractivity (Wildman–Crippen MR) is 82.8 cm³/mol. The maximum Gasteiger partial charge on any atom is 0.156 e. The number of benzene rings is 1. The molecule has 0 bridgehead atoms. The van der Waals surface area contributed by atoms with Crippen molar-refractivity contribution in [3.05, 3.63) is 34.3 Å². The average molecular weight is 333 g/mol. The molecule has 0 fully saturated rings. The second-order valence-corrected chi connectivity index (χ2v) is 5.40. The highest BCUT2D eigenvalue weighted by Gasteiger charge is 2.12. The quantitative estimate of drug-likeness (QED) is 0.687. The lowest BCUT2D eigenvalue weighted by molar-refractivity contribution is 0.339. The average Bonchev–Trinajstić information content (AvgIpc) is 2.31. The molecule has 4 heteroatoms. The number of halogens is 2. The molecule has 0 amide bonds. The van der Waals surface area contributed by atoms with Gasteiger partial charge in [-0.25, -0.2) is 0 Å². The minimum atomic E-state index is 0.340. The first-order chi connectivity index (χ1) is 8.58. The lowest BCUT2D eigenvalue weighted by Gasteiger charge is -2.19. The van der Waals surface area contributed by atoms with Gasteiger partial charge >= 0.3 is 0 Å². The summed E-state index contributed by atoms with van der Waals surface area (Å²) in [5, 5.41) is 4.11. The van der Waals surface area contributed by atoms with Gasteiger partial charge in [-0.2, -0.15) is 0 Å². The van der Waals surface area contributed by atoms with Gasteiger partial charge in [-0.3, -0.25) is 0 Å². The van der Waals surface area contributed by atoms with Gasteiger partial charge in [-0.15, -0.1) is 6.58 Å². The smallest absolute Gasteiger partial charge is 0.156 e. The summed E-state index contributed by atoms with van der Waals surface area (Å²) >= 11 is 9.54. The largest absolute Gasteiger partial charge is 0.491 e. The summed E-state index contributed by atoms with van der Waals surface area (Å²) in [6.45, 7) is 8.45. The molecule has 1 atom stereocenters. The molecule has 100 valence electrons. The number of ether oxygens (including phenoxy) is 1. The minimum Gasteiger partial charge on any atom is -0.491 e. The Morgan fingerprint density at radius 1 is 1.56 bits per heavy atom. The SMILES string of the molecule is C=CCCC(C)Nc1cc(Cl)cc(Br)c1OCC. The molecule has 1 rings (SSSR count). The van der Waals surface area contributed by atoms with Crippen molar-refractivity contribution in [3.8, 4) is 5.75 Å². The van der Waals surface area contributed by atoms with Crippen LogP contribution in [0.2, 0.25) is 5.02 Å². The third kappa shape index (κ3) is 4.54. The van der Waals surface area contributed by atoms with Crippen LogP contribution in [0.5, 0.6) is 5.75 Å². The molecule has 0 aliphatic carbocycles. The van der Waals surface area contributed by atoms with Crippen LogP contribution in [0.25, 0.3) is 0 Å². The fourth-order valence-electron chi connectivity index (χ4n) is 1.66. The van der Waals surface area contributed by atoms with Crippen LogP contribution in [-0.4, -0.2) is 12.6 Å². The maximum absolute atomic E-state index is 6.07. The van der Waals surface area contributed by atoms with Crippen LogP contribution < -0.4 is 10.1 Å². The van der Waals surface area contributed by atoms with Crippen LogP contribution in [0.4, 0.5) is 5.69 Å². The van der Waals surface area contributed by atoms with E-state index in [1.165, 1.54) is 0 Å². The van der Waals surface area contributed by atoms with E-state index in [4.69, 9.17) is 16.3 Å². The molecule has 1 unspecified atom stereocenters. The lowest BCUT2D eigenvalue weighted by Crippen LogP contribution is -2.15. The molecule has 18 heavy (non-hydrogen) atoms. The van der Waals surface area contributed by atoms with Crippen LogP contribution in [0, 0.1) is 0 Å². The lowest BCUT2D eigenvalue weighted by atomic mass is 10.1. The maximum atomic E-state index is 6.07. The zero-order valence-corrected chi connectivity index (χ0v) is 13.1. The summed E-state index contributed by atoms with van der Waals surface area (Å²) in [5.41, 5.74) is 0.924. The fourth-order valence-corrected chi connectivity index (χ4v) is 2.59. The topological polar surface area (TPSA) is 21.3 Å². The van der Waals surface area contributed by atoms with Crippen LogP contribution in [0.15, 0.2) is 29.3 Å². The third-order valence-electron chi connectivity index (χ3n) is 2.50. The van der Waals surface area contributed by atoms with Crippen molar-refractivity contribution in [1.29, 1.82) is 0 Å². The van der Waals surface area contributed by atoms with Crippen LogP contribution in [0.3, 0.4) is 0 Å². The normalized spacial score (nSPS) is 12.0. The van der Waals surface area contributed by atoms with Crippen molar-refractivity contribution >= 4 is 33.2 Å². The van der Waals surface area contributed by atoms with E-state index in [1.807, 2.05) is 25.1 Å². The first-order valence-electron chi connectivity index (χ1n) is 6.07. The Morgan fingerprint density at radius 2 is 2.28 bits per heavy atom. The van der Waals surface area contributed by atoms with Gasteiger partial charge in [-0.05, 0) is 54.8 Å². The Labute approximate surface area is 122 Å². The minimum absolute atomic E-state index is 0.340. The number of rotatable bonds is 7. The number of hydrogen-bond donors (Lipinski definition) is 1. The van der Waals surface area contributed by atoms with Crippen molar-refractivity contribution in [1.82, 2.24) is 0 Å². The highest BCUT2D eigenvalue weighted by Crippen LogP contribution is 2.37. The Balaban J connectivity index is 2.88. The van der Waals surface area contributed by atoms with E-state index in [1.54, 1.807) is 0 Å². The zero-order chi connectivity index (χ0) is 13.5. The van der Waals surface area contributed by atoms with Crippen LogP contribution in [-0.2, 0) is 0 Å². The summed E-state index contributed by atoms with van der Waals surface area (Å²) in [6.07, 6.45) is 3.94. The highest BCUT2D eigenvalue weighted by molar-refractivity contribution is 9.10. The van der Waals surface area contributed by atoms with E-state index in [0.717, 1.165) is 28.8 Å². The molecule has 0 saturated carbocycles. The van der Waals surface area contributed by atoms with Crippen molar-refractivity contribution < 1.29 is 4.74 Å². The molecular formula is C14H19BrClNO. The highest BCUT2D eigenvalue weighted by atomic mass is 79.9. The third-order valence-corrected chi connectivity index (χ3v) is 3.31. The monoisotopic (exact) mass is 331 g/mol. The Bertz CT molecular complexity index is 409. The van der Waals surface area contributed by atoms with E-state index >= 15 is 0 Å². The van der Waals surface area contributed by atoms with Crippen molar-refractivity contribution in [2.24, 2.45) is 0 Å². The zero-order valence-electron chi connectivity index (χ0n) is 10.8. The second-order valence-electron chi connectivity index (χ2n) is 4.11. The standard InChI is InChI=1S/C14H19BrClNO/c1-4-6-7-10(3)17-13-9-11(16)8-12(15)14(13)18-5-2/h4,8-10,17H,1,5-7H2,2-3H3. The molecule has 1 aromatic rings. The Kier molecular flexibility index (Phi) is 6.58. The van der Waals surface area contributed by atoms with E-state index < -0.39 is 0 Å². The van der Waals surface area contributed by atoms with E-state index in [0.29, 0.717) is 17.7 Å². The summed E-state index contributed by atoms with van der Waals surface area (Å²) in [5.74, 6) is 0.812. The summed E-state index contributed by atoms with van der Waals surface area (Å²) < 4.78 is 6.51. The van der Waals surface area contributed by atoms with Gasteiger partial charge < -0.3 is 10.1 Å². The van der Waals surface area contributed by atoms with E-state index in [-0.39, 0.29) is 0 Å². The molecule has 0 saturated heterocycles. The molecule has 0 heterocycles. The summed E-state index contributed by atoms with van der Waals surface area (Å²) in [4.78, 5) is 0. The molecule has 1 N–H and O–H groups in total. The Morgan fingerprint density at radius 3 is 2.89 bits per heavy atom. The second kappa shape index (κ2) is 7.70. The van der Waals surface area contributed by atoms with Gasteiger partial charge in [-0.1, -0.05) is 17.7 Å². The molecule has 2 nitrogen and oxygen atoms in total. The molecule has 0 aliphatic heterocycles. The molecule has 0 radical (unpaired) electrons. The summed E-state index contributed by atoms with van der Waals surface area (Å²) in [7, 11) is 0. The van der Waals surface area contributed by atoms with E-state index in [9.17, 15) is 0 Å². The van der Waals surface area contributed by atoms with Gasteiger partial charge in [0.25, 0.3) is 0 Å². The molecule has 0 aliphatic rings. The van der Waals surface area contributed by atoms with Crippen molar-refractivity contribution in [2.75, 3.05) is 11.9 Å². The van der Waals surface area contributed by atoms with E-state index in [2.05, 4.69) is 34.7 Å². The van der Waals surface area contributed by atoms with Crippen molar-refractivity contribution in [2.45, 2.75) is 32.7 Å². The number of nitrogens with one attached hydrogen (secondary N) is 1. The van der Waals surface area contributed by atoms with Gasteiger partial charge in [0.2, 0.25) is 0 Å². The van der Waals surface area contributed by atoms with Crippen molar-refractivity contribution in [3.63, 3.8) is 0 Å². The predicted octanol–water partition coefficient (Wildman–Crippen LogP) is 5.27. The van der Waals surface area contributed by atoms with Gasteiger partial charge in [0.15, 0.2) is 5.75 Å². The summed E-state index contributed by atoms with van der Waals surface area (Å²) in [6, 6.07) is 4.07. The van der Waals surface area contributed by atoms with Crippen LogP contribution >= 0.6 is 27.5 Å². The van der Waals surface area contributed by atoms with Gasteiger partial charge in [0, 0.05) is 11.1 Å². The van der Waals surface area contributed by atoms with Crippen LogP contribution in [0.1, 0.15) is 26.7 Å². The number of allylic oxidation sites excluding steroid dienone is 1. The fraction of sp³-hybridized carbons (Fsp3) is 0.429.